The monoisotopic (exact) mass is 318 g/mol. The van der Waals surface area contributed by atoms with Crippen LogP contribution in [0, 0.1) is 0 Å². The fourth-order valence-electron chi connectivity index (χ4n) is 4.24. The molecule has 2 aliphatic rings. The number of likely N-dealkylation sites (tertiary alicyclic amines) is 1. The molecule has 23 heavy (non-hydrogen) atoms. The summed E-state index contributed by atoms with van der Waals surface area (Å²) in [4.78, 5) is 19.9. The largest absolute Gasteiger partial charge is 0.347 e. The Hall–Kier alpha value is -1.36. The van der Waals surface area contributed by atoms with Crippen LogP contribution in [0.2, 0.25) is 0 Å². The Bertz CT molecular complexity index is 513. The van der Waals surface area contributed by atoms with Crippen LogP contribution in [0.1, 0.15) is 64.1 Å². The second-order valence-corrected chi connectivity index (χ2v) is 7.01. The molecule has 0 atom stereocenters. The number of rotatable bonds is 6. The van der Waals surface area contributed by atoms with Crippen molar-refractivity contribution in [2.24, 2.45) is 0 Å². The number of nitrogens with one attached hydrogen (secondary N) is 1. The van der Waals surface area contributed by atoms with Crippen molar-refractivity contribution in [3.8, 4) is 0 Å². The number of imidazole rings is 1. The quantitative estimate of drug-likeness (QED) is 0.877. The number of aryl methyl sites for hydroxylation is 1. The molecule has 0 spiro atoms. The van der Waals surface area contributed by atoms with Crippen LogP contribution in [0.15, 0.2) is 12.4 Å². The van der Waals surface area contributed by atoms with Gasteiger partial charge in [-0.2, -0.15) is 0 Å². The van der Waals surface area contributed by atoms with Gasteiger partial charge in [0.15, 0.2) is 0 Å². The third-order valence-electron chi connectivity index (χ3n) is 5.49. The number of amides is 1. The predicted octanol–water partition coefficient (Wildman–Crippen LogP) is 2.71. The highest BCUT2D eigenvalue weighted by Crippen LogP contribution is 2.36. The Morgan fingerprint density at radius 3 is 2.65 bits per heavy atom. The molecule has 0 radical (unpaired) electrons. The number of aromatic nitrogens is 2. The lowest BCUT2D eigenvalue weighted by molar-refractivity contribution is -0.135. The molecule has 2 fully saturated rings. The molecule has 0 unspecified atom stereocenters. The van der Waals surface area contributed by atoms with E-state index in [-0.39, 0.29) is 11.4 Å². The Balaban J connectivity index is 1.67. The van der Waals surface area contributed by atoms with E-state index < -0.39 is 0 Å². The number of carbonyl (C=O) groups excluding carboxylic acids is 1. The standard InChI is InChI=1S/C18H30N4O/c1-2-11-21-14-10-19-16(21)15-20-17(23)18(8-4-3-5-9-18)22-12-6-7-13-22/h10,14H,2-9,11-13,15H2,1H3,(H,20,23). The van der Waals surface area contributed by atoms with Crippen LogP contribution >= 0.6 is 0 Å². The van der Waals surface area contributed by atoms with Crippen molar-refractivity contribution in [2.75, 3.05) is 13.1 Å². The second kappa shape index (κ2) is 7.47. The Labute approximate surface area is 139 Å². The second-order valence-electron chi connectivity index (χ2n) is 7.01. The van der Waals surface area contributed by atoms with Crippen molar-refractivity contribution in [1.82, 2.24) is 19.8 Å². The maximum atomic E-state index is 13.1. The van der Waals surface area contributed by atoms with Crippen molar-refractivity contribution in [3.63, 3.8) is 0 Å². The van der Waals surface area contributed by atoms with Crippen LogP contribution in [-0.2, 0) is 17.9 Å². The Morgan fingerprint density at radius 1 is 1.22 bits per heavy atom. The fraction of sp³-hybridized carbons (Fsp3) is 0.778. The molecule has 1 saturated heterocycles. The van der Waals surface area contributed by atoms with Crippen molar-refractivity contribution in [2.45, 2.75) is 76.9 Å². The molecule has 1 N–H and O–H groups in total. The first-order valence-corrected chi connectivity index (χ1v) is 9.29. The molecule has 0 bridgehead atoms. The zero-order valence-electron chi connectivity index (χ0n) is 14.4. The van der Waals surface area contributed by atoms with Crippen molar-refractivity contribution < 1.29 is 4.79 Å². The summed E-state index contributed by atoms with van der Waals surface area (Å²) in [5.41, 5.74) is -0.253. The lowest BCUT2D eigenvalue weighted by Gasteiger charge is -2.43. The summed E-state index contributed by atoms with van der Waals surface area (Å²) in [5.74, 6) is 1.19. The molecule has 5 nitrogen and oxygen atoms in total. The predicted molar refractivity (Wildman–Crippen MR) is 91.0 cm³/mol. The van der Waals surface area contributed by atoms with E-state index in [0.717, 1.165) is 44.7 Å². The van der Waals surface area contributed by atoms with Gasteiger partial charge in [0.25, 0.3) is 0 Å². The summed E-state index contributed by atoms with van der Waals surface area (Å²) in [6.07, 6.45) is 13.0. The highest BCUT2D eigenvalue weighted by molar-refractivity contribution is 5.86. The molecular formula is C18H30N4O. The normalized spacial score (nSPS) is 21.4. The van der Waals surface area contributed by atoms with Gasteiger partial charge in [-0.1, -0.05) is 26.2 Å². The summed E-state index contributed by atoms with van der Waals surface area (Å²) in [7, 11) is 0. The lowest BCUT2D eigenvalue weighted by atomic mass is 9.79. The van der Waals surface area contributed by atoms with Gasteiger partial charge in [0.2, 0.25) is 5.91 Å². The van der Waals surface area contributed by atoms with Gasteiger partial charge >= 0.3 is 0 Å². The van der Waals surface area contributed by atoms with Crippen LogP contribution in [0.3, 0.4) is 0 Å². The number of nitrogens with zero attached hydrogens (tertiary/aromatic N) is 3. The van der Waals surface area contributed by atoms with Crippen LogP contribution in [0.4, 0.5) is 0 Å². The van der Waals surface area contributed by atoms with E-state index in [1.807, 2.05) is 12.4 Å². The topological polar surface area (TPSA) is 50.2 Å². The van der Waals surface area contributed by atoms with E-state index in [1.54, 1.807) is 0 Å². The molecule has 1 saturated carbocycles. The van der Waals surface area contributed by atoms with Crippen molar-refractivity contribution >= 4 is 5.91 Å². The van der Waals surface area contributed by atoms with Gasteiger partial charge in [-0.25, -0.2) is 4.98 Å². The summed E-state index contributed by atoms with van der Waals surface area (Å²) in [6, 6.07) is 0. The number of hydrogen-bond acceptors (Lipinski definition) is 3. The molecule has 128 valence electrons. The third kappa shape index (κ3) is 3.44. The molecule has 1 aromatic rings. The minimum Gasteiger partial charge on any atom is -0.347 e. The first-order chi connectivity index (χ1) is 11.3. The first kappa shape index (κ1) is 16.5. The van der Waals surface area contributed by atoms with Crippen LogP contribution in [0.25, 0.3) is 0 Å². The van der Waals surface area contributed by atoms with Gasteiger partial charge in [-0.3, -0.25) is 9.69 Å². The number of hydrogen-bond donors (Lipinski definition) is 1. The zero-order valence-corrected chi connectivity index (χ0v) is 14.4. The molecule has 1 aliphatic heterocycles. The average Bonchev–Trinajstić information content (AvgIpc) is 3.26. The van der Waals surface area contributed by atoms with E-state index >= 15 is 0 Å². The minimum absolute atomic E-state index is 0.227. The van der Waals surface area contributed by atoms with Gasteiger partial charge in [0.1, 0.15) is 11.4 Å². The molecule has 2 heterocycles. The maximum Gasteiger partial charge on any atom is 0.240 e. The molecule has 0 aromatic carbocycles. The Kier molecular flexibility index (Phi) is 5.36. The smallest absolute Gasteiger partial charge is 0.240 e. The highest BCUT2D eigenvalue weighted by Gasteiger charge is 2.45. The molecule has 3 rings (SSSR count). The van der Waals surface area contributed by atoms with Crippen LogP contribution in [-0.4, -0.2) is 39.0 Å². The van der Waals surface area contributed by atoms with Crippen molar-refractivity contribution in [1.29, 1.82) is 0 Å². The maximum absolute atomic E-state index is 13.1. The van der Waals surface area contributed by atoms with Crippen LogP contribution in [0.5, 0.6) is 0 Å². The fourth-order valence-corrected chi connectivity index (χ4v) is 4.24. The summed E-state index contributed by atoms with van der Waals surface area (Å²) < 4.78 is 2.14. The molecule has 1 amide bonds. The molecule has 1 aliphatic carbocycles. The molecular weight excluding hydrogens is 288 g/mol. The summed E-state index contributed by atoms with van der Waals surface area (Å²) >= 11 is 0. The lowest BCUT2D eigenvalue weighted by Crippen LogP contribution is -2.58. The SMILES string of the molecule is CCCn1ccnc1CNC(=O)C1(N2CCCC2)CCCCC1. The third-order valence-corrected chi connectivity index (χ3v) is 5.49. The van der Waals surface area contributed by atoms with Gasteiger partial charge < -0.3 is 9.88 Å². The summed E-state index contributed by atoms with van der Waals surface area (Å²) in [6.45, 7) is 5.83. The van der Waals surface area contributed by atoms with E-state index in [2.05, 4.69) is 26.7 Å². The van der Waals surface area contributed by atoms with Crippen molar-refractivity contribution in [3.05, 3.63) is 18.2 Å². The highest BCUT2D eigenvalue weighted by atomic mass is 16.2. The summed E-state index contributed by atoms with van der Waals surface area (Å²) in [5, 5.41) is 3.21. The van der Waals surface area contributed by atoms with Crippen LogP contribution < -0.4 is 5.32 Å². The minimum atomic E-state index is -0.253. The van der Waals surface area contributed by atoms with E-state index in [4.69, 9.17) is 0 Å². The van der Waals surface area contributed by atoms with Gasteiger partial charge in [-0.05, 0) is 45.2 Å². The van der Waals surface area contributed by atoms with E-state index in [0.29, 0.717) is 6.54 Å². The molecule has 5 heteroatoms. The average molecular weight is 318 g/mol. The van der Waals surface area contributed by atoms with E-state index in [1.165, 1.54) is 32.1 Å². The number of carbonyl (C=O) groups is 1. The van der Waals surface area contributed by atoms with Gasteiger partial charge in [0.05, 0.1) is 6.54 Å². The van der Waals surface area contributed by atoms with Gasteiger partial charge in [-0.15, -0.1) is 0 Å². The first-order valence-electron chi connectivity index (χ1n) is 9.29. The van der Waals surface area contributed by atoms with E-state index in [9.17, 15) is 4.79 Å². The van der Waals surface area contributed by atoms with Gasteiger partial charge in [0, 0.05) is 18.9 Å². The molecule has 1 aromatic heterocycles. The Morgan fingerprint density at radius 2 is 1.96 bits per heavy atom. The zero-order chi connectivity index (χ0) is 16.1.